The normalized spacial score (nSPS) is 19.1. The second-order valence-corrected chi connectivity index (χ2v) is 11.6. The summed E-state index contributed by atoms with van der Waals surface area (Å²) in [6.07, 6.45) is 0.0569. The van der Waals surface area contributed by atoms with Crippen molar-refractivity contribution in [1.82, 2.24) is 14.7 Å². The molecule has 4 amide bonds. The van der Waals surface area contributed by atoms with Gasteiger partial charge in [-0.15, -0.1) is 0 Å². The summed E-state index contributed by atoms with van der Waals surface area (Å²) in [5.41, 5.74) is 2.30. The maximum Gasteiger partial charge on any atom is 0.410 e. The first-order valence-corrected chi connectivity index (χ1v) is 13.9. The lowest BCUT2D eigenvalue weighted by Crippen LogP contribution is -2.63. The van der Waals surface area contributed by atoms with Crippen molar-refractivity contribution >= 4 is 29.4 Å². The van der Waals surface area contributed by atoms with Crippen LogP contribution in [0.25, 0.3) is 0 Å². The van der Waals surface area contributed by atoms with Gasteiger partial charge in [-0.25, -0.2) is 9.59 Å². The van der Waals surface area contributed by atoms with Crippen LogP contribution in [0, 0.1) is 0 Å². The molecule has 10 nitrogen and oxygen atoms in total. The Labute approximate surface area is 236 Å². The first-order valence-electron chi connectivity index (χ1n) is 13.9. The van der Waals surface area contributed by atoms with Gasteiger partial charge in [-0.05, 0) is 62.7 Å². The highest BCUT2D eigenvalue weighted by molar-refractivity contribution is 6.05. The number of hydrogen-bond donors (Lipinski definition) is 0. The lowest BCUT2D eigenvalue weighted by atomic mass is 10.0. The van der Waals surface area contributed by atoms with Gasteiger partial charge in [0.1, 0.15) is 11.4 Å². The molecule has 3 saturated heterocycles. The summed E-state index contributed by atoms with van der Waals surface area (Å²) in [7, 11) is 1.60. The molecule has 0 saturated carbocycles. The number of imide groups is 1. The predicted molar refractivity (Wildman–Crippen MR) is 153 cm³/mol. The monoisotopic (exact) mass is 549 g/mol. The van der Waals surface area contributed by atoms with E-state index in [1.807, 2.05) is 69.3 Å². The van der Waals surface area contributed by atoms with Gasteiger partial charge in [-0.1, -0.05) is 12.1 Å². The number of anilines is 2. The van der Waals surface area contributed by atoms with E-state index >= 15 is 0 Å². The van der Waals surface area contributed by atoms with Crippen molar-refractivity contribution in [2.24, 2.45) is 0 Å². The molecule has 0 aliphatic carbocycles. The number of hydrogen-bond acceptors (Lipinski definition) is 7. The minimum Gasteiger partial charge on any atom is -0.497 e. The highest BCUT2D eigenvalue weighted by atomic mass is 16.6. The number of carbonyl (C=O) groups is 3. The van der Waals surface area contributed by atoms with Gasteiger partial charge in [-0.3, -0.25) is 19.5 Å². The number of benzene rings is 2. The molecule has 2 aromatic carbocycles. The largest absolute Gasteiger partial charge is 0.497 e. The van der Waals surface area contributed by atoms with Crippen molar-refractivity contribution in [3.8, 4) is 5.75 Å². The Hall–Kier alpha value is -3.79. The van der Waals surface area contributed by atoms with Crippen LogP contribution in [-0.2, 0) is 16.1 Å². The average molecular weight is 550 g/mol. The fraction of sp³-hybridized carbons (Fsp3) is 0.500. The Morgan fingerprint density at radius 2 is 1.50 bits per heavy atom. The van der Waals surface area contributed by atoms with Crippen LogP contribution in [0.5, 0.6) is 5.75 Å². The van der Waals surface area contributed by atoms with Gasteiger partial charge >= 0.3 is 12.1 Å². The SMILES string of the molecule is COc1ccc(CN2C(=O)CCN(c3ccc(N4CC(N5CCN(C(=O)OC(C)(C)C)CC5)C4)cc3)C2=O)cc1. The fourth-order valence-electron chi connectivity index (χ4n) is 5.34. The van der Waals surface area contributed by atoms with Crippen LogP contribution in [0.15, 0.2) is 48.5 Å². The Morgan fingerprint density at radius 1 is 0.875 bits per heavy atom. The van der Waals surface area contributed by atoms with Gasteiger partial charge in [0.15, 0.2) is 0 Å². The second-order valence-electron chi connectivity index (χ2n) is 11.6. The molecule has 0 spiro atoms. The molecule has 214 valence electrons. The molecule has 3 aliphatic rings. The van der Waals surface area contributed by atoms with E-state index < -0.39 is 5.60 Å². The smallest absolute Gasteiger partial charge is 0.410 e. The number of ether oxygens (including phenoxy) is 2. The third kappa shape index (κ3) is 6.17. The number of urea groups is 1. The van der Waals surface area contributed by atoms with Gasteiger partial charge in [0.2, 0.25) is 5.91 Å². The second kappa shape index (κ2) is 11.4. The van der Waals surface area contributed by atoms with Gasteiger partial charge in [0.05, 0.1) is 13.7 Å². The van der Waals surface area contributed by atoms with Crippen molar-refractivity contribution in [3.63, 3.8) is 0 Å². The van der Waals surface area contributed by atoms with Crippen molar-refractivity contribution in [3.05, 3.63) is 54.1 Å². The molecule has 0 atom stereocenters. The summed E-state index contributed by atoms with van der Waals surface area (Å²) in [6.45, 7) is 11.2. The fourth-order valence-corrected chi connectivity index (χ4v) is 5.34. The summed E-state index contributed by atoms with van der Waals surface area (Å²) in [6, 6.07) is 15.6. The van der Waals surface area contributed by atoms with Crippen LogP contribution in [-0.4, -0.2) is 97.3 Å². The van der Waals surface area contributed by atoms with Gasteiger partial charge in [0.25, 0.3) is 0 Å². The highest BCUT2D eigenvalue weighted by Crippen LogP contribution is 2.29. The summed E-state index contributed by atoms with van der Waals surface area (Å²) in [5, 5.41) is 0. The van der Waals surface area contributed by atoms with Crippen LogP contribution in [0.3, 0.4) is 0 Å². The van der Waals surface area contributed by atoms with E-state index in [0.29, 0.717) is 32.1 Å². The predicted octanol–water partition coefficient (Wildman–Crippen LogP) is 3.80. The molecule has 0 aromatic heterocycles. The lowest BCUT2D eigenvalue weighted by molar-refractivity contribution is -0.129. The summed E-state index contributed by atoms with van der Waals surface area (Å²) < 4.78 is 10.7. The number of methoxy groups -OCH3 is 1. The zero-order valence-electron chi connectivity index (χ0n) is 23.8. The molecule has 40 heavy (non-hydrogen) atoms. The van der Waals surface area contributed by atoms with Crippen LogP contribution in [0.1, 0.15) is 32.8 Å². The van der Waals surface area contributed by atoms with Gasteiger partial charge in [0, 0.05) is 69.7 Å². The Kier molecular flexibility index (Phi) is 7.89. The van der Waals surface area contributed by atoms with E-state index in [2.05, 4.69) is 9.80 Å². The maximum absolute atomic E-state index is 13.3. The molecule has 5 rings (SSSR count). The van der Waals surface area contributed by atoms with Crippen molar-refractivity contribution in [1.29, 1.82) is 0 Å². The van der Waals surface area contributed by atoms with Crippen LogP contribution < -0.4 is 14.5 Å². The molecule has 3 fully saturated rings. The summed E-state index contributed by atoms with van der Waals surface area (Å²) >= 11 is 0. The van der Waals surface area contributed by atoms with E-state index in [0.717, 1.165) is 48.9 Å². The molecule has 3 heterocycles. The molecule has 2 aromatic rings. The summed E-state index contributed by atoms with van der Waals surface area (Å²) in [5.74, 6) is 0.572. The standard InChI is InChI=1S/C30H39N5O5/c1-30(2,3)40-29(38)32-17-15-31(16-18-32)25-20-33(21-25)23-7-9-24(10-8-23)34-14-13-27(36)35(28(34)37)19-22-5-11-26(39-4)12-6-22/h5-12,25H,13-21H2,1-4H3. The van der Waals surface area contributed by atoms with E-state index in [4.69, 9.17) is 9.47 Å². The molecule has 0 bridgehead atoms. The molecule has 10 heteroatoms. The quantitative estimate of drug-likeness (QED) is 0.542. The van der Waals surface area contributed by atoms with Crippen LogP contribution >= 0.6 is 0 Å². The molecule has 3 aliphatic heterocycles. The summed E-state index contributed by atoms with van der Waals surface area (Å²) in [4.78, 5) is 47.8. The van der Waals surface area contributed by atoms with Crippen molar-refractivity contribution in [2.45, 2.75) is 45.4 Å². The molecular formula is C30H39N5O5. The Balaban J connectivity index is 1.12. The third-order valence-corrected chi connectivity index (χ3v) is 7.68. The molecule has 0 radical (unpaired) electrons. The van der Waals surface area contributed by atoms with E-state index in [9.17, 15) is 14.4 Å². The molecular weight excluding hydrogens is 510 g/mol. The average Bonchev–Trinajstić information content (AvgIpc) is 2.90. The van der Waals surface area contributed by atoms with E-state index in [1.165, 1.54) is 4.90 Å². The number of piperazine rings is 1. The first-order chi connectivity index (χ1) is 19.1. The van der Waals surface area contributed by atoms with Gasteiger partial charge in [-0.2, -0.15) is 0 Å². The van der Waals surface area contributed by atoms with Crippen LogP contribution in [0.4, 0.5) is 21.0 Å². The van der Waals surface area contributed by atoms with Crippen molar-refractivity contribution in [2.75, 3.05) is 62.7 Å². The Bertz CT molecular complexity index is 1210. The molecule has 0 unspecified atom stereocenters. The van der Waals surface area contributed by atoms with E-state index in [1.54, 1.807) is 16.9 Å². The number of amides is 4. The van der Waals surface area contributed by atoms with Crippen molar-refractivity contribution < 1.29 is 23.9 Å². The molecule has 0 N–H and O–H groups in total. The lowest BCUT2D eigenvalue weighted by Gasteiger charge is -2.49. The Morgan fingerprint density at radius 3 is 2.10 bits per heavy atom. The maximum atomic E-state index is 13.3. The zero-order valence-corrected chi connectivity index (χ0v) is 23.8. The minimum atomic E-state index is -0.479. The minimum absolute atomic E-state index is 0.160. The number of rotatable bonds is 6. The topological polar surface area (TPSA) is 85.9 Å². The zero-order chi connectivity index (χ0) is 28.4. The van der Waals surface area contributed by atoms with Gasteiger partial charge < -0.3 is 19.3 Å². The van der Waals surface area contributed by atoms with Crippen LogP contribution in [0.2, 0.25) is 0 Å². The highest BCUT2D eigenvalue weighted by Gasteiger charge is 2.36. The third-order valence-electron chi connectivity index (χ3n) is 7.68. The number of nitrogens with zero attached hydrogens (tertiary/aromatic N) is 5. The van der Waals surface area contributed by atoms with E-state index in [-0.39, 0.29) is 24.6 Å². The first kappa shape index (κ1) is 27.8. The number of carbonyl (C=O) groups excluding carboxylic acids is 3.